The van der Waals surface area contributed by atoms with Gasteiger partial charge in [0.2, 0.25) is 5.91 Å². The van der Waals surface area contributed by atoms with Gasteiger partial charge in [0, 0.05) is 37.0 Å². The minimum Gasteiger partial charge on any atom is -0.512 e. The van der Waals surface area contributed by atoms with Gasteiger partial charge in [-0.05, 0) is 48.4 Å². The molecule has 3 atom stereocenters. The predicted molar refractivity (Wildman–Crippen MR) is 166 cm³/mol. The van der Waals surface area contributed by atoms with Crippen LogP contribution in [0.15, 0.2) is 97.3 Å². The number of para-hydroxylation sites is 1. The number of aliphatic hydroxyl groups excluding tert-OH is 2. The summed E-state index contributed by atoms with van der Waals surface area (Å²) in [6.45, 7) is 4.85. The summed E-state index contributed by atoms with van der Waals surface area (Å²) < 4.78 is 0. The maximum Gasteiger partial charge on any atom is 0.252 e. The van der Waals surface area contributed by atoms with Crippen molar-refractivity contribution in [1.29, 1.82) is 0 Å². The van der Waals surface area contributed by atoms with Crippen LogP contribution < -0.4 is 15.5 Å². The highest BCUT2D eigenvalue weighted by molar-refractivity contribution is 5.94. The van der Waals surface area contributed by atoms with Crippen LogP contribution in [-0.2, 0) is 16.2 Å². The van der Waals surface area contributed by atoms with Crippen molar-refractivity contribution in [3.63, 3.8) is 0 Å². The van der Waals surface area contributed by atoms with Crippen molar-refractivity contribution in [2.24, 2.45) is 5.92 Å². The van der Waals surface area contributed by atoms with E-state index >= 15 is 0 Å². The molecule has 3 aromatic carbocycles. The van der Waals surface area contributed by atoms with E-state index in [0.717, 1.165) is 23.4 Å². The summed E-state index contributed by atoms with van der Waals surface area (Å²) in [5.41, 5.74) is 3.22. The Labute approximate surface area is 252 Å². The highest BCUT2D eigenvalue weighted by Crippen LogP contribution is 2.33. The Morgan fingerprint density at radius 3 is 2.44 bits per heavy atom. The zero-order chi connectivity index (χ0) is 30.6. The summed E-state index contributed by atoms with van der Waals surface area (Å²) in [5, 5.41) is 27.5. The van der Waals surface area contributed by atoms with Crippen LogP contribution in [0, 0.1) is 17.8 Å². The summed E-state index contributed by atoms with van der Waals surface area (Å²) in [7, 11) is 2.00. The number of nitrogens with one attached hydrogen (secondary N) is 2. The molecule has 0 spiro atoms. The lowest BCUT2D eigenvalue weighted by atomic mass is 9.92. The second kappa shape index (κ2) is 15.6. The second-order valence-corrected chi connectivity index (χ2v) is 10.3. The van der Waals surface area contributed by atoms with Gasteiger partial charge >= 0.3 is 0 Å². The van der Waals surface area contributed by atoms with Gasteiger partial charge in [0.1, 0.15) is 12.1 Å². The van der Waals surface area contributed by atoms with Crippen molar-refractivity contribution < 1.29 is 24.6 Å². The highest BCUT2D eigenvalue weighted by Gasteiger charge is 2.48. The van der Waals surface area contributed by atoms with E-state index in [1.807, 2.05) is 67.7 Å². The van der Waals surface area contributed by atoms with Gasteiger partial charge in [-0.1, -0.05) is 67.0 Å². The average molecular weight is 583 g/mol. The number of carbonyl (C=O) groups excluding carboxylic acids is 2. The summed E-state index contributed by atoms with van der Waals surface area (Å²) >= 11 is 0. The third kappa shape index (κ3) is 8.69. The van der Waals surface area contributed by atoms with Crippen molar-refractivity contribution in [2.45, 2.75) is 25.1 Å². The van der Waals surface area contributed by atoms with Crippen LogP contribution in [0.25, 0.3) is 0 Å². The molecule has 4 N–H and O–H groups in total. The van der Waals surface area contributed by atoms with Crippen molar-refractivity contribution in [3.8, 4) is 11.8 Å². The molecular formula is C34H38N4O5. The Balaban J connectivity index is 1.37. The summed E-state index contributed by atoms with van der Waals surface area (Å²) in [6, 6.07) is 25.5. The van der Waals surface area contributed by atoms with Crippen LogP contribution in [0.5, 0.6) is 0 Å². The first-order valence-corrected chi connectivity index (χ1v) is 14.2. The number of amides is 2. The Morgan fingerprint density at radius 2 is 1.74 bits per heavy atom. The maximum absolute atomic E-state index is 13.4. The van der Waals surface area contributed by atoms with E-state index in [4.69, 9.17) is 4.84 Å². The fraction of sp³-hybridized carbons (Fsp3) is 0.294. The number of hydrogen-bond acceptors (Lipinski definition) is 7. The number of carbonyl (C=O) groups is 2. The number of hydroxylamine groups is 2. The monoisotopic (exact) mass is 582 g/mol. The van der Waals surface area contributed by atoms with E-state index in [-0.39, 0.29) is 37.3 Å². The summed E-state index contributed by atoms with van der Waals surface area (Å²) in [4.78, 5) is 33.7. The SMILES string of the molecule is C=C(O)[C@H]1[C@@H](CO)ON(Cc2cccc(C#CCNC(=O)c3ccccc3)c2)[C@H]1C(=O)NCCCN(C)c1ccccc1. The van der Waals surface area contributed by atoms with Gasteiger partial charge in [0.25, 0.3) is 5.91 Å². The zero-order valence-corrected chi connectivity index (χ0v) is 24.3. The Bertz CT molecular complexity index is 1440. The van der Waals surface area contributed by atoms with E-state index in [2.05, 4.69) is 34.0 Å². The third-order valence-corrected chi connectivity index (χ3v) is 7.19. The lowest BCUT2D eigenvalue weighted by Crippen LogP contribution is -2.47. The van der Waals surface area contributed by atoms with Crippen LogP contribution >= 0.6 is 0 Å². The number of aliphatic hydroxyl groups is 2. The standard InChI is InChI=1S/C34H38N4O5/c1-25(40)31-30(24-39)43-38(32(31)34(42)36-20-11-21-37(2)29-17-7-4-8-18-29)23-27-13-9-12-26(22-27)14-10-19-35-33(41)28-15-5-3-6-16-28/h3-9,12-13,15-18,22,30-32,39-40H,1,11,19-21,23-24H2,2H3,(H,35,41)(H,36,42)/t30-,31+,32-/m1/s1. The molecule has 0 aromatic heterocycles. The summed E-state index contributed by atoms with van der Waals surface area (Å²) in [5.74, 6) is 4.49. The summed E-state index contributed by atoms with van der Waals surface area (Å²) in [6.07, 6.45) is -0.0977. The molecule has 1 saturated heterocycles. The molecule has 0 radical (unpaired) electrons. The molecule has 9 nitrogen and oxygen atoms in total. The van der Waals surface area contributed by atoms with Crippen LogP contribution in [0.3, 0.4) is 0 Å². The molecule has 1 heterocycles. The van der Waals surface area contributed by atoms with Gasteiger partial charge in [-0.2, -0.15) is 5.06 Å². The van der Waals surface area contributed by atoms with E-state index in [1.165, 1.54) is 5.06 Å². The van der Waals surface area contributed by atoms with Crippen LogP contribution in [0.4, 0.5) is 5.69 Å². The van der Waals surface area contributed by atoms with Gasteiger partial charge in [-0.25, -0.2) is 0 Å². The van der Waals surface area contributed by atoms with Crippen LogP contribution in [0.1, 0.15) is 27.9 Å². The first-order chi connectivity index (χ1) is 20.9. The Hall–Kier alpha value is -4.62. The Kier molecular flexibility index (Phi) is 11.3. The molecule has 3 aromatic rings. The molecule has 224 valence electrons. The average Bonchev–Trinajstić information content (AvgIpc) is 3.40. The highest BCUT2D eigenvalue weighted by atomic mass is 16.7. The van der Waals surface area contributed by atoms with Crippen molar-refractivity contribution in [2.75, 3.05) is 38.2 Å². The van der Waals surface area contributed by atoms with E-state index in [9.17, 15) is 19.8 Å². The molecule has 0 saturated carbocycles. The first-order valence-electron chi connectivity index (χ1n) is 14.2. The van der Waals surface area contributed by atoms with Gasteiger partial charge in [-0.15, -0.1) is 0 Å². The molecule has 9 heteroatoms. The molecule has 4 rings (SSSR count). The number of nitrogens with zero attached hydrogens (tertiary/aromatic N) is 2. The maximum atomic E-state index is 13.4. The minimum absolute atomic E-state index is 0.190. The normalized spacial score (nSPS) is 17.9. The third-order valence-electron chi connectivity index (χ3n) is 7.19. The van der Waals surface area contributed by atoms with Gasteiger partial charge in [-0.3, -0.25) is 14.4 Å². The van der Waals surface area contributed by atoms with Crippen LogP contribution in [0.2, 0.25) is 0 Å². The molecule has 2 amide bonds. The fourth-order valence-electron chi connectivity index (χ4n) is 4.99. The minimum atomic E-state index is -0.885. The fourth-order valence-corrected chi connectivity index (χ4v) is 4.99. The quantitative estimate of drug-likeness (QED) is 0.147. The predicted octanol–water partition coefficient (Wildman–Crippen LogP) is 3.28. The zero-order valence-electron chi connectivity index (χ0n) is 24.3. The Morgan fingerprint density at radius 1 is 1.02 bits per heavy atom. The molecule has 1 aliphatic heterocycles. The van der Waals surface area contributed by atoms with E-state index < -0.39 is 18.1 Å². The molecule has 1 aliphatic rings. The van der Waals surface area contributed by atoms with Crippen molar-refractivity contribution in [3.05, 3.63) is 114 Å². The van der Waals surface area contributed by atoms with E-state index in [1.54, 1.807) is 24.3 Å². The number of hydrogen-bond donors (Lipinski definition) is 4. The number of anilines is 1. The number of rotatable bonds is 12. The van der Waals surface area contributed by atoms with Gasteiger partial charge in [0.15, 0.2) is 0 Å². The van der Waals surface area contributed by atoms with Gasteiger partial charge in [0.05, 0.1) is 31.4 Å². The van der Waals surface area contributed by atoms with Crippen molar-refractivity contribution in [1.82, 2.24) is 15.7 Å². The van der Waals surface area contributed by atoms with Crippen molar-refractivity contribution >= 4 is 17.5 Å². The second-order valence-electron chi connectivity index (χ2n) is 10.3. The lowest BCUT2D eigenvalue weighted by Gasteiger charge is -2.25. The topological polar surface area (TPSA) is 114 Å². The molecule has 43 heavy (non-hydrogen) atoms. The van der Waals surface area contributed by atoms with Crippen LogP contribution in [-0.4, -0.2) is 72.5 Å². The molecule has 0 unspecified atom stereocenters. The number of benzene rings is 3. The first kappa shape index (κ1) is 31.3. The smallest absolute Gasteiger partial charge is 0.252 e. The lowest BCUT2D eigenvalue weighted by molar-refractivity contribution is -0.181. The largest absolute Gasteiger partial charge is 0.512 e. The molecule has 0 bridgehead atoms. The molecular weight excluding hydrogens is 544 g/mol. The van der Waals surface area contributed by atoms with Gasteiger partial charge < -0.3 is 25.7 Å². The van der Waals surface area contributed by atoms with E-state index in [0.29, 0.717) is 18.5 Å². The molecule has 1 fully saturated rings. The molecule has 0 aliphatic carbocycles.